The van der Waals surface area contributed by atoms with Gasteiger partial charge in [0, 0.05) is 19.1 Å². The van der Waals surface area contributed by atoms with Crippen LogP contribution in [-0.4, -0.2) is 47.2 Å². The molecular weight excluding hydrogens is 280 g/mol. The summed E-state index contributed by atoms with van der Waals surface area (Å²) >= 11 is 0. The first kappa shape index (κ1) is 14.6. The van der Waals surface area contributed by atoms with E-state index in [1.165, 1.54) is 7.11 Å². The summed E-state index contributed by atoms with van der Waals surface area (Å²) in [7, 11) is 1.42. The predicted molar refractivity (Wildman–Crippen MR) is 84.9 cm³/mol. The molecule has 0 bridgehead atoms. The third kappa shape index (κ3) is 2.95. The smallest absolute Gasteiger partial charge is 0.409 e. The van der Waals surface area contributed by atoms with Gasteiger partial charge >= 0.3 is 6.09 Å². The fourth-order valence-electron chi connectivity index (χ4n) is 2.75. The molecule has 116 valence electrons. The van der Waals surface area contributed by atoms with E-state index in [1.54, 1.807) is 4.90 Å². The molecule has 0 atom stereocenters. The van der Waals surface area contributed by atoms with E-state index in [4.69, 9.17) is 4.74 Å². The molecule has 1 aliphatic heterocycles. The minimum absolute atomic E-state index is 0.250. The summed E-state index contributed by atoms with van der Waals surface area (Å²) in [5.41, 5.74) is 2.70. The highest BCUT2D eigenvalue weighted by Gasteiger charge is 2.23. The number of aromatic nitrogens is 2. The molecule has 22 heavy (non-hydrogen) atoms. The van der Waals surface area contributed by atoms with Gasteiger partial charge in [-0.25, -0.2) is 14.8 Å². The molecule has 0 aliphatic carbocycles. The Labute approximate surface area is 129 Å². The van der Waals surface area contributed by atoms with Gasteiger partial charge in [-0.1, -0.05) is 12.1 Å². The Kier molecular flexibility index (Phi) is 4.09. The lowest BCUT2D eigenvalue weighted by Crippen LogP contribution is -2.42. The number of amides is 1. The van der Waals surface area contributed by atoms with Gasteiger partial charge in [0.1, 0.15) is 5.82 Å². The molecule has 6 heteroatoms. The minimum atomic E-state index is -0.250. The Morgan fingerprint density at radius 2 is 1.86 bits per heavy atom. The topological polar surface area (TPSA) is 67.3 Å². The Morgan fingerprint density at radius 1 is 1.23 bits per heavy atom. The van der Waals surface area contributed by atoms with Crippen LogP contribution in [0.5, 0.6) is 0 Å². The number of methoxy groups -OCH3 is 1. The fourth-order valence-corrected chi connectivity index (χ4v) is 2.75. The molecule has 6 nitrogen and oxygen atoms in total. The average molecular weight is 300 g/mol. The summed E-state index contributed by atoms with van der Waals surface area (Å²) in [5.74, 6) is 0.829. The Morgan fingerprint density at radius 3 is 2.50 bits per heavy atom. The highest BCUT2D eigenvalue weighted by Crippen LogP contribution is 2.20. The van der Waals surface area contributed by atoms with E-state index in [-0.39, 0.29) is 6.09 Å². The summed E-state index contributed by atoms with van der Waals surface area (Å²) in [6, 6.07) is 8.16. The van der Waals surface area contributed by atoms with E-state index in [0.717, 1.165) is 35.4 Å². The van der Waals surface area contributed by atoms with E-state index in [2.05, 4.69) is 15.3 Å². The number of piperidine rings is 1. The van der Waals surface area contributed by atoms with Crippen molar-refractivity contribution in [2.75, 3.05) is 25.5 Å². The number of nitrogens with one attached hydrogen (secondary N) is 1. The van der Waals surface area contributed by atoms with E-state index < -0.39 is 0 Å². The standard InChI is InChI=1S/C16H20N4O2/c1-11-15(19-14-6-4-3-5-13(14)17-11)18-12-7-9-20(10-8-12)16(21)22-2/h3-6,12H,7-10H2,1-2H3,(H,18,19). The number of para-hydroxylation sites is 2. The van der Waals surface area contributed by atoms with Gasteiger partial charge in [0.25, 0.3) is 0 Å². The molecule has 1 amide bonds. The van der Waals surface area contributed by atoms with Crippen LogP contribution in [0.1, 0.15) is 18.5 Å². The maximum Gasteiger partial charge on any atom is 0.409 e. The lowest BCUT2D eigenvalue weighted by molar-refractivity contribution is 0.113. The number of nitrogens with zero attached hydrogens (tertiary/aromatic N) is 3. The zero-order chi connectivity index (χ0) is 15.5. The highest BCUT2D eigenvalue weighted by molar-refractivity contribution is 5.76. The molecular formula is C16H20N4O2. The number of fused-ring (bicyclic) bond motifs is 1. The van der Waals surface area contributed by atoms with Crippen LogP contribution in [-0.2, 0) is 4.74 Å². The van der Waals surface area contributed by atoms with Crippen molar-refractivity contribution in [3.63, 3.8) is 0 Å². The van der Waals surface area contributed by atoms with E-state index >= 15 is 0 Å². The molecule has 2 heterocycles. The highest BCUT2D eigenvalue weighted by atomic mass is 16.5. The summed E-state index contributed by atoms with van der Waals surface area (Å²) in [6.07, 6.45) is 1.51. The van der Waals surface area contributed by atoms with Crippen LogP contribution in [0.15, 0.2) is 24.3 Å². The zero-order valence-electron chi connectivity index (χ0n) is 12.9. The normalized spacial score (nSPS) is 15.8. The molecule has 1 fully saturated rings. The maximum absolute atomic E-state index is 11.5. The summed E-state index contributed by atoms with van der Waals surface area (Å²) in [5, 5.41) is 3.47. The number of ether oxygens (including phenoxy) is 1. The molecule has 1 aromatic heterocycles. The van der Waals surface area contributed by atoms with Crippen molar-refractivity contribution in [2.45, 2.75) is 25.8 Å². The fraction of sp³-hybridized carbons (Fsp3) is 0.438. The van der Waals surface area contributed by atoms with Crippen molar-refractivity contribution < 1.29 is 9.53 Å². The van der Waals surface area contributed by atoms with Gasteiger partial charge in [-0.15, -0.1) is 0 Å². The summed E-state index contributed by atoms with van der Waals surface area (Å²) in [6.45, 7) is 3.36. The number of aryl methyl sites for hydroxylation is 1. The molecule has 0 saturated carbocycles. The van der Waals surface area contributed by atoms with Crippen molar-refractivity contribution in [3.8, 4) is 0 Å². The number of likely N-dealkylation sites (tertiary alicyclic amines) is 1. The second-order valence-electron chi connectivity index (χ2n) is 5.52. The van der Waals surface area contributed by atoms with Crippen LogP contribution in [0, 0.1) is 6.92 Å². The Balaban J connectivity index is 1.69. The minimum Gasteiger partial charge on any atom is -0.453 e. The second kappa shape index (κ2) is 6.17. The Hall–Kier alpha value is -2.37. The lowest BCUT2D eigenvalue weighted by atomic mass is 10.1. The van der Waals surface area contributed by atoms with Gasteiger partial charge in [-0.3, -0.25) is 0 Å². The van der Waals surface area contributed by atoms with Gasteiger partial charge in [-0.05, 0) is 31.9 Å². The summed E-state index contributed by atoms with van der Waals surface area (Å²) < 4.78 is 4.75. The monoisotopic (exact) mass is 300 g/mol. The number of hydrogen-bond donors (Lipinski definition) is 1. The van der Waals surface area contributed by atoms with Crippen LogP contribution < -0.4 is 5.32 Å². The number of anilines is 1. The molecule has 0 unspecified atom stereocenters. The van der Waals surface area contributed by atoms with Crippen molar-refractivity contribution >= 4 is 22.9 Å². The van der Waals surface area contributed by atoms with Crippen molar-refractivity contribution in [2.24, 2.45) is 0 Å². The summed E-state index contributed by atoms with van der Waals surface area (Å²) in [4.78, 5) is 22.5. The van der Waals surface area contributed by atoms with Gasteiger partial charge in [0.05, 0.1) is 23.8 Å². The largest absolute Gasteiger partial charge is 0.453 e. The number of carbonyl (C=O) groups excluding carboxylic acids is 1. The van der Waals surface area contributed by atoms with Gasteiger partial charge in [0.15, 0.2) is 0 Å². The molecule has 2 aromatic rings. The molecule has 1 aromatic carbocycles. The van der Waals surface area contributed by atoms with Crippen LogP contribution in [0.25, 0.3) is 11.0 Å². The SMILES string of the molecule is COC(=O)N1CCC(Nc2nc3ccccc3nc2C)CC1. The van der Waals surface area contributed by atoms with Crippen LogP contribution >= 0.6 is 0 Å². The molecule has 1 aliphatic rings. The first-order valence-electron chi connectivity index (χ1n) is 7.50. The van der Waals surface area contributed by atoms with Crippen LogP contribution in [0.3, 0.4) is 0 Å². The van der Waals surface area contributed by atoms with Crippen molar-refractivity contribution in [3.05, 3.63) is 30.0 Å². The molecule has 3 rings (SSSR count). The number of hydrogen-bond acceptors (Lipinski definition) is 5. The lowest BCUT2D eigenvalue weighted by Gasteiger charge is -2.31. The number of benzene rings is 1. The van der Waals surface area contributed by atoms with Gasteiger partial charge in [-0.2, -0.15) is 0 Å². The van der Waals surface area contributed by atoms with E-state index in [0.29, 0.717) is 19.1 Å². The van der Waals surface area contributed by atoms with Gasteiger partial charge < -0.3 is 15.0 Å². The third-order valence-corrected chi connectivity index (χ3v) is 4.01. The zero-order valence-corrected chi connectivity index (χ0v) is 12.9. The molecule has 1 saturated heterocycles. The first-order valence-corrected chi connectivity index (χ1v) is 7.50. The molecule has 1 N–H and O–H groups in total. The maximum atomic E-state index is 11.5. The molecule has 0 radical (unpaired) electrons. The Bertz CT molecular complexity index is 681. The predicted octanol–water partition coefficient (Wildman–Crippen LogP) is 2.58. The van der Waals surface area contributed by atoms with Crippen molar-refractivity contribution in [1.29, 1.82) is 0 Å². The number of rotatable bonds is 2. The van der Waals surface area contributed by atoms with Crippen LogP contribution in [0.2, 0.25) is 0 Å². The van der Waals surface area contributed by atoms with Gasteiger partial charge in [0.2, 0.25) is 0 Å². The second-order valence-corrected chi connectivity index (χ2v) is 5.52. The van der Waals surface area contributed by atoms with Crippen LogP contribution in [0.4, 0.5) is 10.6 Å². The van der Waals surface area contributed by atoms with Crippen molar-refractivity contribution in [1.82, 2.24) is 14.9 Å². The first-order chi connectivity index (χ1) is 10.7. The average Bonchev–Trinajstić information content (AvgIpc) is 2.55. The molecule has 0 spiro atoms. The quantitative estimate of drug-likeness (QED) is 0.923. The van der Waals surface area contributed by atoms with E-state index in [1.807, 2.05) is 31.2 Å². The third-order valence-electron chi connectivity index (χ3n) is 4.01. The number of carbonyl (C=O) groups is 1. The van der Waals surface area contributed by atoms with E-state index in [9.17, 15) is 4.79 Å².